The second-order valence-electron chi connectivity index (χ2n) is 31.6. The molecule has 2 amide bonds. The fourth-order valence-electron chi connectivity index (χ4n) is 12.9. The number of sulfonamides is 3. The maximum absolute atomic E-state index is 13.4. The van der Waals surface area contributed by atoms with E-state index in [0.717, 1.165) is 31.6 Å². The largest absolute Gasteiger partial charge is 1.00 e. The molecule has 2 saturated heterocycles. The van der Waals surface area contributed by atoms with Crippen molar-refractivity contribution in [3.63, 3.8) is 0 Å². The number of nitrogens with two attached hydrogens (primary N) is 1. The first-order valence-corrected chi connectivity index (χ1v) is 41.4. The number of aromatic carboxylic acids is 1. The Morgan fingerprint density at radius 3 is 1.25 bits per heavy atom. The van der Waals surface area contributed by atoms with Crippen molar-refractivity contribution in [2.24, 2.45) is 33.2 Å². The summed E-state index contributed by atoms with van der Waals surface area (Å²) in [4.78, 5) is 53.1. The van der Waals surface area contributed by atoms with Crippen LogP contribution in [-0.4, -0.2) is 158 Å². The van der Waals surface area contributed by atoms with Gasteiger partial charge in [0.2, 0.25) is 27.7 Å². The van der Waals surface area contributed by atoms with Gasteiger partial charge in [-0.05, 0) is 220 Å². The molecular weight excluding hydrogens is 1530 g/mol. The van der Waals surface area contributed by atoms with Crippen molar-refractivity contribution >= 4 is 75.5 Å². The number of hydrogen-bond acceptors (Lipinski definition) is 20. The Labute approximate surface area is 675 Å². The van der Waals surface area contributed by atoms with Gasteiger partial charge in [0.05, 0.1) is 62.6 Å². The maximum Gasteiger partial charge on any atom is 0.337 e. The molecule has 2 atom stereocenters. The molecule has 0 bridgehead atoms. The summed E-state index contributed by atoms with van der Waals surface area (Å²) in [6, 6.07) is 15.0. The van der Waals surface area contributed by atoms with Gasteiger partial charge >= 0.3 is 5.97 Å². The van der Waals surface area contributed by atoms with E-state index in [2.05, 4.69) is 107 Å². The monoisotopic (exact) mass is 1640 g/mol. The molecule has 4 radical (unpaired) electrons. The molecule has 6 N–H and O–H groups in total. The van der Waals surface area contributed by atoms with Crippen LogP contribution in [0.3, 0.4) is 0 Å². The summed E-state index contributed by atoms with van der Waals surface area (Å²) in [5.41, 5.74) is 2.90. The zero-order valence-electron chi connectivity index (χ0n) is 65.6. The van der Waals surface area contributed by atoms with E-state index in [1.807, 2.05) is 0 Å². The Bertz CT molecular complexity index is 4880. The van der Waals surface area contributed by atoms with Gasteiger partial charge in [0.1, 0.15) is 27.7 Å². The summed E-state index contributed by atoms with van der Waals surface area (Å²) in [5, 5.41) is 30.6. The first kappa shape index (κ1) is 86.2. The van der Waals surface area contributed by atoms with Crippen LogP contribution in [0.1, 0.15) is 177 Å². The van der Waals surface area contributed by atoms with Crippen LogP contribution in [0.5, 0.6) is 17.6 Å². The molecular formula is C76H101B3N14O13S3Y-. The van der Waals surface area contributed by atoms with Gasteiger partial charge in [-0.15, -0.1) is 33.2 Å². The van der Waals surface area contributed by atoms with E-state index in [1.165, 1.54) is 75.8 Å². The van der Waals surface area contributed by atoms with E-state index in [1.54, 1.807) is 153 Å². The molecule has 14 rings (SSSR count). The van der Waals surface area contributed by atoms with Crippen LogP contribution < -0.4 is 39.0 Å². The third kappa shape index (κ3) is 24.6. The van der Waals surface area contributed by atoms with Crippen molar-refractivity contribution in [3.8, 4) is 35.1 Å². The predicted octanol–water partition coefficient (Wildman–Crippen LogP) is 10.9. The van der Waals surface area contributed by atoms with Crippen LogP contribution in [-0.2, 0) is 62.8 Å². The Morgan fingerprint density at radius 1 is 0.555 bits per heavy atom. The third-order valence-corrected chi connectivity index (χ3v) is 24.4. The zero-order chi connectivity index (χ0) is 78.7. The molecule has 0 unspecified atom stereocenters. The third-order valence-electron chi connectivity index (χ3n) is 20.5. The van der Waals surface area contributed by atoms with Crippen LogP contribution >= 0.6 is 0 Å². The molecule has 3 saturated carbocycles. The fourth-order valence-corrected chi connectivity index (χ4v) is 15.6. The van der Waals surface area contributed by atoms with Gasteiger partial charge in [-0.3, -0.25) is 9.59 Å². The number of carboxylic acids is 1. The van der Waals surface area contributed by atoms with Crippen LogP contribution in [0.2, 0.25) is 19.0 Å². The molecule has 27 nitrogen and oxygen atoms in total. The summed E-state index contributed by atoms with van der Waals surface area (Å²) in [7, 11) is -6.13. The molecule has 11 heterocycles. The van der Waals surface area contributed by atoms with Crippen molar-refractivity contribution < 1.29 is 93.1 Å². The molecule has 5 aliphatic heterocycles. The standard InChI is InChI=1S/C27H35BN5O4S.C21H24BN4O4S.C16H19N3O3.C7H15N.C5H7BNO2S.Y.H/c1-19-16-26(2,3)32(18-19)24-21(25(34)31-38(35,36)20-6-5-13-28-17-20)7-8-22(29-24)33-14-9-23(30-33)37-15-12-27(4)10-11-27;1-15-17(20(27)25-31(28,29)16-4-3-11-22-14-16)5-6-18(23-15)26-12-7-19(24-26)30-13-10-21(2)8-9-21;1-11-12(15(20)21)3-4-13(17-11)19-9-5-14(18-19)22-10-8-16(2)6-7-16;1-6-4-7(2,3)8-5-6;7-10(8,9)5-2-1-3-6-4-5;;/h5-9,13-14,19H,10-12,15-18H2,1-4H3,(H,31,34);3-7,11-12H,8-10,13-14H2,1-2H3,(H,25,27);3-5,9H,6-8,10H2,1-2H3,(H,20,21);6,8H,4-5H2,1-3H3;1-3H,4H2,(H2,7,8,9);;/q;;;;;;-1/t19-;;;6-;;;/m0..0.../s1/i;;;;;;1+1. The minimum atomic E-state index is -3.99. The second-order valence-corrected chi connectivity index (χ2v) is 36.7. The zero-order valence-corrected chi connectivity index (χ0v) is 69.9. The Morgan fingerprint density at radius 2 is 0.936 bits per heavy atom. The van der Waals surface area contributed by atoms with Gasteiger partial charge in [-0.1, -0.05) is 52.8 Å². The molecule has 8 aliphatic rings. The molecule has 0 aromatic carbocycles. The average Bonchev–Trinajstić information content (AvgIpc) is 1.70. The van der Waals surface area contributed by atoms with Gasteiger partial charge < -0.3 is 31.0 Å². The van der Waals surface area contributed by atoms with Gasteiger partial charge in [-0.2, -0.15) is 0 Å². The molecule has 584 valence electrons. The molecule has 3 aliphatic carbocycles. The van der Waals surface area contributed by atoms with E-state index in [-0.39, 0.29) is 83.7 Å². The number of hydrogen-bond donors (Lipinski definition) is 5. The van der Waals surface area contributed by atoms with Crippen LogP contribution in [0.4, 0.5) is 5.82 Å². The number of carbonyl (C=O) groups is 3. The minimum absolute atomic E-state index is 0. The second kappa shape index (κ2) is 36.3. The van der Waals surface area contributed by atoms with Crippen LogP contribution in [0, 0.1) is 41.9 Å². The first-order chi connectivity index (χ1) is 51.4. The number of rotatable bonds is 24. The molecule has 0 spiro atoms. The number of amides is 2. The fraction of sp³-hybridized carbons (Fsp3) is 0.487. The van der Waals surface area contributed by atoms with E-state index in [9.17, 15) is 39.6 Å². The van der Waals surface area contributed by atoms with E-state index in [0.29, 0.717) is 113 Å². The first-order valence-electron chi connectivity index (χ1n) is 36.9. The minimum Gasteiger partial charge on any atom is -1.00 e. The summed E-state index contributed by atoms with van der Waals surface area (Å²) in [6.45, 7) is 27.1. The SMILES string of the molecule is C[C@@H]1CN(c2nc(-n3ccc(OCCC4(C)CC4)n3)ccc2C(=O)NS(=O)(=O)C2=CC=C[B]C2)C(C)(C)C1.C[C@@H]1CNC(C)(C)C1.Cc1nc(-n2ccc(OCCC3(C)CC3)n2)ccc1C(=O)NS(=O)(=O)C1=CC=C[B]C1.Cc1nc(-n2ccc(OCCC3(C)CC3)n2)ccc1C(=O)O.NS(=O)(=O)C1=CC=C[B]C1.[2H-].[Y]. The van der Waals surface area contributed by atoms with E-state index < -0.39 is 47.9 Å². The van der Waals surface area contributed by atoms with Crippen molar-refractivity contribution in [2.75, 3.05) is 37.8 Å². The molecule has 5 fully saturated rings. The van der Waals surface area contributed by atoms with Gasteiger partial charge in [0.25, 0.3) is 31.9 Å². The normalized spacial score (nSPS) is 19.5. The number of allylic oxidation sites excluding steroid dienone is 9. The van der Waals surface area contributed by atoms with Crippen molar-refractivity contribution in [3.05, 3.63) is 170 Å². The number of nitrogens with zero attached hydrogens (tertiary/aromatic N) is 10. The average molecular weight is 1640 g/mol. The number of pyridine rings is 3. The quantitative estimate of drug-likeness (QED) is 0.0351. The van der Waals surface area contributed by atoms with Crippen molar-refractivity contribution in [1.82, 2.24) is 59.1 Å². The van der Waals surface area contributed by atoms with Crippen LogP contribution in [0.25, 0.3) is 17.5 Å². The number of carbonyl (C=O) groups excluding carboxylic acids is 2. The number of aromatic nitrogens is 9. The Balaban J connectivity index is 0.000000190. The topological polar surface area (TPSA) is 359 Å². The molecule has 110 heavy (non-hydrogen) atoms. The molecule has 6 aromatic heterocycles. The summed E-state index contributed by atoms with van der Waals surface area (Å²) >= 11 is 0. The predicted molar refractivity (Wildman–Crippen MR) is 424 cm³/mol. The summed E-state index contributed by atoms with van der Waals surface area (Å²) in [5.74, 6) is 7.83. The van der Waals surface area contributed by atoms with Crippen molar-refractivity contribution in [2.45, 2.75) is 177 Å². The van der Waals surface area contributed by atoms with Gasteiger partial charge in [-0.25, -0.2) is 73.6 Å². The van der Waals surface area contributed by atoms with E-state index in [4.69, 9.17) is 29.4 Å². The number of nitrogens with one attached hydrogen (secondary N) is 3. The van der Waals surface area contributed by atoms with Gasteiger partial charge in [0.15, 0.2) is 17.5 Å². The molecule has 34 heteroatoms. The number of primary sulfonamides is 1. The number of aryl methyl sites for hydroxylation is 2. The van der Waals surface area contributed by atoms with Gasteiger partial charge in [0, 0.05) is 87.1 Å². The van der Waals surface area contributed by atoms with E-state index >= 15 is 0 Å². The summed E-state index contributed by atoms with van der Waals surface area (Å²) in [6.07, 6.45) is 28.5. The van der Waals surface area contributed by atoms with Crippen molar-refractivity contribution in [1.29, 1.82) is 0 Å². The number of ether oxygens (including phenoxy) is 3. The molecule has 6 aromatic rings. The maximum atomic E-state index is 13.4. The smallest absolute Gasteiger partial charge is 0.337 e. The number of anilines is 1. The summed E-state index contributed by atoms with van der Waals surface area (Å²) < 4.78 is 98.3. The number of carboxylic acid groups (broad SMARTS) is 1. The Hall–Kier alpha value is -7.80. The Kier molecular flexibility index (Phi) is 28.5. The van der Waals surface area contributed by atoms with Crippen LogP contribution in [0.15, 0.2) is 142 Å².